The van der Waals surface area contributed by atoms with E-state index < -0.39 is 17.8 Å². The first-order valence-corrected chi connectivity index (χ1v) is 6.40. The number of rotatable bonds is 6. The Morgan fingerprint density at radius 2 is 2.00 bits per heavy atom. The van der Waals surface area contributed by atoms with Crippen LogP contribution in [0, 0.1) is 0 Å². The van der Waals surface area contributed by atoms with E-state index in [-0.39, 0.29) is 12.1 Å². The number of carbonyl (C=O) groups is 2. The Balaban J connectivity index is 2.05. The van der Waals surface area contributed by atoms with E-state index in [1.807, 2.05) is 30.3 Å². The molecule has 0 heterocycles. The molecule has 1 aliphatic carbocycles. The number of hydrogen-bond donors (Lipinski definition) is 3. The fourth-order valence-electron chi connectivity index (χ4n) is 2.22. The van der Waals surface area contributed by atoms with Crippen LogP contribution in [0.15, 0.2) is 30.3 Å². The van der Waals surface area contributed by atoms with E-state index in [1.165, 1.54) is 0 Å². The molecule has 1 aromatic carbocycles. The SMILES string of the molecule is NC1CCC1N[C@@H](Cc1ccccc1)C(=O)C(=O)O. The normalized spacial score (nSPS) is 23.4. The van der Waals surface area contributed by atoms with Gasteiger partial charge in [0.25, 0.3) is 5.78 Å². The molecule has 1 aromatic rings. The number of carboxylic acid groups (broad SMARTS) is 1. The van der Waals surface area contributed by atoms with Crippen molar-refractivity contribution in [3.05, 3.63) is 35.9 Å². The second-order valence-electron chi connectivity index (χ2n) is 4.93. The van der Waals surface area contributed by atoms with Crippen LogP contribution in [0.3, 0.4) is 0 Å². The second kappa shape index (κ2) is 5.95. The third kappa shape index (κ3) is 3.39. The van der Waals surface area contributed by atoms with Crippen LogP contribution in [0.25, 0.3) is 0 Å². The lowest BCUT2D eigenvalue weighted by molar-refractivity contribution is -0.150. The molecular formula is C14H18N2O3. The zero-order chi connectivity index (χ0) is 13.8. The molecular weight excluding hydrogens is 244 g/mol. The minimum absolute atomic E-state index is 0.0138. The lowest BCUT2D eigenvalue weighted by Crippen LogP contribution is -2.58. The van der Waals surface area contributed by atoms with E-state index >= 15 is 0 Å². The first kappa shape index (κ1) is 13.7. The summed E-state index contributed by atoms with van der Waals surface area (Å²) in [5.41, 5.74) is 6.75. The standard InChI is InChI=1S/C14H18N2O3/c15-10-6-7-11(10)16-12(13(17)14(18)19)8-9-4-2-1-3-5-9/h1-5,10-12,16H,6-8,15H2,(H,18,19)/t10?,11?,12-/m0/s1. The molecule has 0 bridgehead atoms. The molecule has 2 rings (SSSR count). The summed E-state index contributed by atoms with van der Waals surface area (Å²) in [5.74, 6) is -2.20. The molecule has 3 atom stereocenters. The largest absolute Gasteiger partial charge is 0.475 e. The van der Waals surface area contributed by atoms with Crippen molar-refractivity contribution < 1.29 is 14.7 Å². The quantitative estimate of drug-likeness (QED) is 0.642. The van der Waals surface area contributed by atoms with Crippen LogP contribution in [0.1, 0.15) is 18.4 Å². The van der Waals surface area contributed by atoms with Gasteiger partial charge >= 0.3 is 5.97 Å². The third-order valence-electron chi connectivity index (χ3n) is 3.55. The highest BCUT2D eigenvalue weighted by Crippen LogP contribution is 2.19. The number of benzene rings is 1. The molecule has 2 unspecified atom stereocenters. The fourth-order valence-corrected chi connectivity index (χ4v) is 2.22. The van der Waals surface area contributed by atoms with Crippen LogP contribution in [-0.2, 0) is 16.0 Å². The van der Waals surface area contributed by atoms with Gasteiger partial charge in [0.2, 0.25) is 0 Å². The summed E-state index contributed by atoms with van der Waals surface area (Å²) < 4.78 is 0. The van der Waals surface area contributed by atoms with Gasteiger partial charge in [-0.3, -0.25) is 4.79 Å². The molecule has 4 N–H and O–H groups in total. The Morgan fingerprint density at radius 1 is 1.32 bits per heavy atom. The number of nitrogens with one attached hydrogen (secondary N) is 1. The highest BCUT2D eigenvalue weighted by atomic mass is 16.4. The molecule has 1 saturated carbocycles. The Morgan fingerprint density at radius 3 is 2.47 bits per heavy atom. The number of hydrogen-bond acceptors (Lipinski definition) is 4. The molecule has 19 heavy (non-hydrogen) atoms. The highest BCUT2D eigenvalue weighted by Gasteiger charge is 2.33. The van der Waals surface area contributed by atoms with Gasteiger partial charge in [-0.25, -0.2) is 4.79 Å². The maximum atomic E-state index is 11.7. The van der Waals surface area contributed by atoms with Gasteiger partial charge in [-0.2, -0.15) is 0 Å². The second-order valence-corrected chi connectivity index (χ2v) is 4.93. The van der Waals surface area contributed by atoms with Crippen molar-refractivity contribution in [1.29, 1.82) is 0 Å². The number of ketones is 1. The van der Waals surface area contributed by atoms with Gasteiger partial charge in [-0.05, 0) is 24.8 Å². The highest BCUT2D eigenvalue weighted by molar-refractivity contribution is 6.34. The van der Waals surface area contributed by atoms with Gasteiger partial charge in [-0.1, -0.05) is 30.3 Å². The summed E-state index contributed by atoms with van der Waals surface area (Å²) in [6, 6.07) is 8.72. The topological polar surface area (TPSA) is 92.4 Å². The molecule has 102 valence electrons. The summed E-state index contributed by atoms with van der Waals surface area (Å²) in [4.78, 5) is 22.6. The summed E-state index contributed by atoms with van der Waals surface area (Å²) in [5, 5.41) is 12.0. The van der Waals surface area contributed by atoms with E-state index in [2.05, 4.69) is 5.32 Å². The van der Waals surface area contributed by atoms with E-state index in [0.29, 0.717) is 6.42 Å². The maximum absolute atomic E-state index is 11.7. The Bertz CT molecular complexity index is 461. The predicted molar refractivity (Wildman–Crippen MR) is 70.7 cm³/mol. The zero-order valence-corrected chi connectivity index (χ0v) is 10.6. The number of nitrogens with two attached hydrogens (primary N) is 1. The van der Waals surface area contributed by atoms with Crippen molar-refractivity contribution in [1.82, 2.24) is 5.32 Å². The fraction of sp³-hybridized carbons (Fsp3) is 0.429. The third-order valence-corrected chi connectivity index (χ3v) is 3.55. The molecule has 0 radical (unpaired) electrons. The first-order valence-electron chi connectivity index (χ1n) is 6.40. The van der Waals surface area contributed by atoms with Gasteiger partial charge in [0, 0.05) is 12.1 Å². The van der Waals surface area contributed by atoms with Crippen molar-refractivity contribution in [3.8, 4) is 0 Å². The number of carbonyl (C=O) groups excluding carboxylic acids is 1. The average Bonchev–Trinajstić information content (AvgIpc) is 2.41. The van der Waals surface area contributed by atoms with Crippen LogP contribution in [-0.4, -0.2) is 35.0 Å². The lowest BCUT2D eigenvalue weighted by Gasteiger charge is -2.36. The molecule has 0 saturated heterocycles. The van der Waals surface area contributed by atoms with Crippen LogP contribution in [0.4, 0.5) is 0 Å². The smallest absolute Gasteiger partial charge is 0.373 e. The molecule has 1 aliphatic rings. The van der Waals surface area contributed by atoms with Gasteiger partial charge in [0.1, 0.15) is 0 Å². The molecule has 0 amide bonds. The minimum atomic E-state index is -1.40. The lowest BCUT2D eigenvalue weighted by atomic mass is 9.86. The number of aliphatic carboxylic acids is 1. The summed E-state index contributed by atoms with van der Waals surface area (Å²) in [6.07, 6.45) is 2.17. The van der Waals surface area contributed by atoms with Crippen LogP contribution in [0.2, 0.25) is 0 Å². The monoisotopic (exact) mass is 262 g/mol. The maximum Gasteiger partial charge on any atom is 0.373 e. The van der Waals surface area contributed by atoms with Crippen LogP contribution >= 0.6 is 0 Å². The minimum Gasteiger partial charge on any atom is -0.475 e. The van der Waals surface area contributed by atoms with Crippen molar-refractivity contribution in [3.63, 3.8) is 0 Å². The number of Topliss-reactive ketones (excluding diaryl/α,β-unsaturated/α-hetero) is 1. The van der Waals surface area contributed by atoms with Crippen molar-refractivity contribution in [2.75, 3.05) is 0 Å². The summed E-state index contributed by atoms with van der Waals surface area (Å²) in [7, 11) is 0. The van der Waals surface area contributed by atoms with E-state index in [0.717, 1.165) is 18.4 Å². The van der Waals surface area contributed by atoms with E-state index in [9.17, 15) is 9.59 Å². The van der Waals surface area contributed by atoms with Crippen molar-refractivity contribution >= 4 is 11.8 Å². The Labute approximate surface area is 111 Å². The van der Waals surface area contributed by atoms with Gasteiger partial charge in [-0.15, -0.1) is 0 Å². The molecule has 0 spiro atoms. The predicted octanol–water partition coefficient (Wildman–Crippen LogP) is 0.331. The Kier molecular flexibility index (Phi) is 4.29. The summed E-state index contributed by atoms with van der Waals surface area (Å²) in [6.45, 7) is 0. The molecule has 5 nitrogen and oxygen atoms in total. The van der Waals surface area contributed by atoms with E-state index in [4.69, 9.17) is 10.8 Å². The molecule has 1 fully saturated rings. The molecule has 0 aliphatic heterocycles. The summed E-state index contributed by atoms with van der Waals surface area (Å²) >= 11 is 0. The van der Waals surface area contributed by atoms with Crippen LogP contribution in [0.5, 0.6) is 0 Å². The van der Waals surface area contributed by atoms with Crippen LogP contribution < -0.4 is 11.1 Å². The van der Waals surface area contributed by atoms with Crippen molar-refractivity contribution in [2.24, 2.45) is 5.73 Å². The van der Waals surface area contributed by atoms with Crippen molar-refractivity contribution in [2.45, 2.75) is 37.4 Å². The molecule has 5 heteroatoms. The zero-order valence-electron chi connectivity index (χ0n) is 10.6. The van der Waals surface area contributed by atoms with E-state index in [1.54, 1.807) is 0 Å². The van der Waals surface area contributed by atoms with Gasteiger partial charge < -0.3 is 16.2 Å². The average molecular weight is 262 g/mol. The number of carboxylic acids is 1. The van der Waals surface area contributed by atoms with Gasteiger partial charge in [0.15, 0.2) is 0 Å². The Hall–Kier alpha value is -1.72. The first-order chi connectivity index (χ1) is 9.08. The molecule has 0 aromatic heterocycles. The van der Waals surface area contributed by atoms with Gasteiger partial charge in [0.05, 0.1) is 6.04 Å².